The minimum absolute atomic E-state index is 0. The van der Waals surface area contributed by atoms with E-state index in [2.05, 4.69) is 53.8 Å². The average molecular weight is 462 g/mol. The second-order valence-electron chi connectivity index (χ2n) is 6.16. The molecular formula is C19H35IN4O. The monoisotopic (exact) mass is 462 g/mol. The zero-order valence-electron chi connectivity index (χ0n) is 15.9. The van der Waals surface area contributed by atoms with E-state index in [-0.39, 0.29) is 24.0 Å². The van der Waals surface area contributed by atoms with Gasteiger partial charge in [0.25, 0.3) is 0 Å². The van der Waals surface area contributed by atoms with Gasteiger partial charge in [0.1, 0.15) is 0 Å². The van der Waals surface area contributed by atoms with Crippen LogP contribution in [0.5, 0.6) is 0 Å². The van der Waals surface area contributed by atoms with Crippen molar-refractivity contribution in [2.45, 2.75) is 33.6 Å². The quantitative estimate of drug-likeness (QED) is 0.192. The molecule has 0 radical (unpaired) electrons. The number of hydrogen-bond acceptors (Lipinski definition) is 3. The summed E-state index contributed by atoms with van der Waals surface area (Å²) in [5.41, 5.74) is 1.16. The molecule has 1 aromatic carbocycles. The molecule has 0 aliphatic heterocycles. The standard InChI is InChI=1S/C19H34N4O.HI/c1-4-20-19(23-14-9-15-24-16-17(2)3)22-13-8-12-21-18-10-6-5-7-11-18;/h5-7,10-11,17,21H,4,8-9,12-16H2,1-3H3,(H2,20,22,23);1H. The van der Waals surface area contributed by atoms with Gasteiger partial charge in [0.2, 0.25) is 0 Å². The van der Waals surface area contributed by atoms with Crippen LogP contribution >= 0.6 is 24.0 Å². The van der Waals surface area contributed by atoms with E-state index in [0.29, 0.717) is 5.92 Å². The molecule has 0 unspecified atom stereocenters. The first-order valence-electron chi connectivity index (χ1n) is 9.11. The molecule has 1 aromatic rings. The molecule has 1 rings (SSSR count). The molecule has 0 aromatic heterocycles. The van der Waals surface area contributed by atoms with Crippen LogP contribution in [0.25, 0.3) is 0 Å². The van der Waals surface area contributed by atoms with Crippen LogP contribution in [0.2, 0.25) is 0 Å². The van der Waals surface area contributed by atoms with Crippen molar-refractivity contribution in [2.75, 3.05) is 44.7 Å². The van der Waals surface area contributed by atoms with Crippen molar-refractivity contribution in [2.24, 2.45) is 10.9 Å². The number of aliphatic imine (C=N–C) groups is 1. The zero-order chi connectivity index (χ0) is 17.5. The van der Waals surface area contributed by atoms with E-state index in [4.69, 9.17) is 4.74 Å². The van der Waals surface area contributed by atoms with Gasteiger partial charge >= 0.3 is 0 Å². The lowest BCUT2D eigenvalue weighted by Crippen LogP contribution is -2.38. The Labute approximate surface area is 170 Å². The number of guanidine groups is 1. The van der Waals surface area contributed by atoms with Crippen LogP contribution in [-0.4, -0.2) is 45.4 Å². The van der Waals surface area contributed by atoms with Gasteiger partial charge < -0.3 is 20.7 Å². The van der Waals surface area contributed by atoms with Crippen LogP contribution in [0, 0.1) is 5.92 Å². The highest BCUT2D eigenvalue weighted by atomic mass is 127. The highest BCUT2D eigenvalue weighted by molar-refractivity contribution is 14.0. The van der Waals surface area contributed by atoms with E-state index < -0.39 is 0 Å². The fraction of sp³-hybridized carbons (Fsp3) is 0.632. The Morgan fingerprint density at radius 3 is 2.52 bits per heavy atom. The van der Waals surface area contributed by atoms with Crippen LogP contribution in [0.4, 0.5) is 5.69 Å². The van der Waals surface area contributed by atoms with E-state index >= 15 is 0 Å². The minimum Gasteiger partial charge on any atom is -0.385 e. The number of ether oxygens (including phenoxy) is 1. The van der Waals surface area contributed by atoms with E-state index in [1.165, 1.54) is 0 Å². The summed E-state index contributed by atoms with van der Waals surface area (Å²) in [7, 11) is 0. The van der Waals surface area contributed by atoms with Gasteiger partial charge in [-0.05, 0) is 37.8 Å². The van der Waals surface area contributed by atoms with Crippen molar-refractivity contribution in [3.63, 3.8) is 0 Å². The molecule has 0 saturated carbocycles. The summed E-state index contributed by atoms with van der Waals surface area (Å²) in [6.07, 6.45) is 2.00. The molecule has 6 heteroatoms. The molecule has 5 nitrogen and oxygen atoms in total. The number of rotatable bonds is 12. The summed E-state index contributed by atoms with van der Waals surface area (Å²) in [5.74, 6) is 1.49. The average Bonchev–Trinajstić information content (AvgIpc) is 2.58. The van der Waals surface area contributed by atoms with Crippen molar-refractivity contribution in [1.82, 2.24) is 10.6 Å². The molecule has 0 bridgehead atoms. The number of hydrogen-bond donors (Lipinski definition) is 3. The zero-order valence-corrected chi connectivity index (χ0v) is 18.2. The fourth-order valence-corrected chi connectivity index (χ4v) is 2.10. The molecule has 0 atom stereocenters. The van der Waals surface area contributed by atoms with Gasteiger partial charge in [-0.25, -0.2) is 0 Å². The van der Waals surface area contributed by atoms with E-state index in [0.717, 1.165) is 63.9 Å². The Hall–Kier alpha value is -1.02. The first-order valence-corrected chi connectivity index (χ1v) is 9.11. The third-order valence-corrected chi connectivity index (χ3v) is 3.26. The van der Waals surface area contributed by atoms with Crippen molar-refractivity contribution < 1.29 is 4.74 Å². The smallest absolute Gasteiger partial charge is 0.191 e. The van der Waals surface area contributed by atoms with Gasteiger partial charge in [-0.2, -0.15) is 0 Å². The summed E-state index contributed by atoms with van der Waals surface area (Å²) < 4.78 is 5.58. The van der Waals surface area contributed by atoms with Gasteiger partial charge in [0.15, 0.2) is 5.96 Å². The van der Waals surface area contributed by atoms with Gasteiger partial charge in [0.05, 0.1) is 0 Å². The summed E-state index contributed by atoms with van der Waals surface area (Å²) in [4.78, 5) is 4.60. The normalized spacial score (nSPS) is 11.1. The van der Waals surface area contributed by atoms with Crippen LogP contribution in [0.3, 0.4) is 0 Å². The molecule has 0 fully saturated rings. The van der Waals surface area contributed by atoms with Gasteiger partial charge in [-0.15, -0.1) is 24.0 Å². The first kappa shape index (κ1) is 24.0. The van der Waals surface area contributed by atoms with Gasteiger partial charge in [-0.1, -0.05) is 32.0 Å². The lowest BCUT2D eigenvalue weighted by Gasteiger charge is -2.12. The molecule has 0 spiro atoms. The maximum atomic E-state index is 5.58. The maximum Gasteiger partial charge on any atom is 0.191 e. The number of benzene rings is 1. The maximum absolute atomic E-state index is 5.58. The Bertz CT molecular complexity index is 440. The second kappa shape index (κ2) is 16.4. The number of para-hydroxylation sites is 1. The molecule has 0 aliphatic rings. The SMILES string of the molecule is CCNC(=NCCCNc1ccccc1)NCCCOCC(C)C.I. The summed E-state index contributed by atoms with van der Waals surface area (Å²) in [6, 6.07) is 10.3. The van der Waals surface area contributed by atoms with E-state index in [9.17, 15) is 0 Å². The first-order chi connectivity index (χ1) is 11.7. The largest absolute Gasteiger partial charge is 0.385 e. The third kappa shape index (κ3) is 13.9. The number of anilines is 1. The van der Waals surface area contributed by atoms with Crippen LogP contribution in [0.15, 0.2) is 35.3 Å². The third-order valence-electron chi connectivity index (χ3n) is 3.26. The Morgan fingerprint density at radius 2 is 1.84 bits per heavy atom. The van der Waals surface area contributed by atoms with Gasteiger partial charge in [-0.3, -0.25) is 4.99 Å². The van der Waals surface area contributed by atoms with Crippen LogP contribution in [-0.2, 0) is 4.74 Å². The topological polar surface area (TPSA) is 57.7 Å². The molecule has 0 aliphatic carbocycles. The summed E-state index contributed by atoms with van der Waals surface area (Å²) in [6.45, 7) is 11.5. The van der Waals surface area contributed by atoms with Crippen molar-refractivity contribution >= 4 is 35.6 Å². The Balaban J connectivity index is 0.00000576. The van der Waals surface area contributed by atoms with Crippen LogP contribution < -0.4 is 16.0 Å². The summed E-state index contributed by atoms with van der Waals surface area (Å²) >= 11 is 0. The highest BCUT2D eigenvalue weighted by Crippen LogP contribution is 2.04. The van der Waals surface area contributed by atoms with Crippen LogP contribution in [0.1, 0.15) is 33.6 Å². The molecule has 144 valence electrons. The lowest BCUT2D eigenvalue weighted by molar-refractivity contribution is 0.108. The lowest BCUT2D eigenvalue weighted by atomic mass is 10.2. The molecule has 25 heavy (non-hydrogen) atoms. The van der Waals surface area contributed by atoms with Crippen molar-refractivity contribution in [3.8, 4) is 0 Å². The van der Waals surface area contributed by atoms with Crippen molar-refractivity contribution in [1.29, 1.82) is 0 Å². The Kier molecular flexibility index (Phi) is 15.8. The van der Waals surface area contributed by atoms with Crippen molar-refractivity contribution in [3.05, 3.63) is 30.3 Å². The van der Waals surface area contributed by atoms with Gasteiger partial charge in [0, 0.05) is 45.1 Å². The Morgan fingerprint density at radius 1 is 1.08 bits per heavy atom. The number of nitrogens with zero attached hydrogens (tertiary/aromatic N) is 1. The molecule has 0 amide bonds. The number of halogens is 1. The predicted molar refractivity (Wildman–Crippen MR) is 119 cm³/mol. The molecular weight excluding hydrogens is 427 g/mol. The predicted octanol–water partition coefficient (Wildman–Crippen LogP) is 3.72. The second-order valence-corrected chi connectivity index (χ2v) is 6.16. The van der Waals surface area contributed by atoms with E-state index in [1.807, 2.05) is 18.2 Å². The minimum atomic E-state index is 0. The highest BCUT2D eigenvalue weighted by Gasteiger charge is 1.98. The molecule has 3 N–H and O–H groups in total. The molecule has 0 heterocycles. The fourth-order valence-electron chi connectivity index (χ4n) is 2.10. The molecule has 0 saturated heterocycles. The number of nitrogens with one attached hydrogen (secondary N) is 3. The van der Waals surface area contributed by atoms with E-state index in [1.54, 1.807) is 0 Å². The summed E-state index contributed by atoms with van der Waals surface area (Å²) in [5, 5.41) is 10.0.